The number of hydrogen-bond donors (Lipinski definition) is 0. The quantitative estimate of drug-likeness (QED) is 0.491. The van der Waals surface area contributed by atoms with Gasteiger partial charge in [0.05, 0.1) is 0 Å². The molecule has 0 atom stereocenters. The Hall–Kier alpha value is 3.01. The Bertz CT molecular complexity index is 11.6. The second-order valence-corrected chi connectivity index (χ2v) is 0. The van der Waals surface area contributed by atoms with Crippen LogP contribution in [0.3, 0.4) is 0 Å². The monoisotopic (exact) mass is 329 g/mol. The molecule has 0 aromatic rings. The summed E-state index contributed by atoms with van der Waals surface area (Å²) in [6, 6.07) is 0. The van der Waals surface area contributed by atoms with Crippen molar-refractivity contribution >= 4 is 17.4 Å². The third kappa shape index (κ3) is 19.4. The summed E-state index contributed by atoms with van der Waals surface area (Å²) < 4.78 is 0. The maximum atomic E-state index is 2.00. The molecule has 0 saturated heterocycles. The van der Waals surface area contributed by atoms with E-state index in [1.807, 2.05) is 16.5 Å². The first kappa shape index (κ1) is 24.5. The first-order valence-corrected chi connectivity index (χ1v) is 6.39. The average molecular weight is 327 g/mol. The van der Waals surface area contributed by atoms with Crippen LogP contribution >= 0.6 is 0 Å². The van der Waals surface area contributed by atoms with Crippen LogP contribution in [-0.2, 0) is 68.9 Å². The summed E-state index contributed by atoms with van der Waals surface area (Å²) in [5, 5.41) is 0. The summed E-state index contributed by atoms with van der Waals surface area (Å²) in [5.74, 6) is 0. The SMILES string of the molecule is [AlH3].[Cr].[Fe].[Nb][Mo]. The van der Waals surface area contributed by atoms with Gasteiger partial charge in [-0.3, -0.25) is 0 Å². The molecule has 0 rings (SSSR count). The molecule has 0 unspecified atom stereocenters. The number of hydrogen-bond acceptors (Lipinski definition) is 0. The van der Waals surface area contributed by atoms with Crippen molar-refractivity contribution in [3.63, 3.8) is 0 Å². The molecular weight excluding hydrogens is 324 g/mol. The van der Waals surface area contributed by atoms with Gasteiger partial charge < -0.3 is 0 Å². The second kappa shape index (κ2) is 27.9. The van der Waals surface area contributed by atoms with Crippen LogP contribution in [0.1, 0.15) is 0 Å². The molecule has 0 aromatic carbocycles. The van der Waals surface area contributed by atoms with Crippen LogP contribution in [-0.4, -0.2) is 17.4 Å². The van der Waals surface area contributed by atoms with Gasteiger partial charge in [-0.15, -0.1) is 0 Å². The van der Waals surface area contributed by atoms with Gasteiger partial charge in [-0.1, -0.05) is 0 Å². The van der Waals surface area contributed by atoms with Crippen molar-refractivity contribution in [3.8, 4) is 0 Å². The fraction of sp³-hybridized carbons (Fsp3) is 0. The van der Waals surface area contributed by atoms with Crippen molar-refractivity contribution in [3.05, 3.63) is 0 Å². The Labute approximate surface area is 84.8 Å². The summed E-state index contributed by atoms with van der Waals surface area (Å²) >= 11 is 3.76. The molecule has 31 valence electrons. The van der Waals surface area contributed by atoms with Crippen LogP contribution in [0.15, 0.2) is 0 Å². The zero-order valence-corrected chi connectivity index (χ0v) is 8.20. The summed E-state index contributed by atoms with van der Waals surface area (Å²) in [7, 11) is 0. The minimum atomic E-state index is 0. The Morgan fingerprint density at radius 2 is 1.20 bits per heavy atom. The third-order valence-corrected chi connectivity index (χ3v) is 0. The molecule has 0 radical (unpaired) electrons. The Morgan fingerprint density at radius 1 is 1.20 bits per heavy atom. The fourth-order valence-electron chi connectivity index (χ4n) is 0. The number of rotatable bonds is 0. The zero-order chi connectivity index (χ0) is 2.00. The van der Waals surface area contributed by atoms with Crippen molar-refractivity contribution in [2.45, 2.75) is 0 Å². The first-order valence-electron chi connectivity index (χ1n) is 0.183. The molecule has 0 aliphatic rings. The van der Waals surface area contributed by atoms with E-state index in [-0.39, 0.29) is 51.8 Å². The maximum absolute atomic E-state index is 2.00. The van der Waals surface area contributed by atoms with Crippen LogP contribution in [0.25, 0.3) is 0 Å². The Kier molecular flexibility index (Phi) is 137. The van der Waals surface area contributed by atoms with Crippen LogP contribution in [0.2, 0.25) is 0 Å². The van der Waals surface area contributed by atoms with Crippen molar-refractivity contribution in [1.29, 1.82) is 0 Å². The predicted molar refractivity (Wildman–Crippen MR) is 9.94 cm³/mol. The average Bonchev–Trinajstić information content (AvgIpc) is 1.00. The molecule has 0 aromatic heterocycles. The van der Waals surface area contributed by atoms with Crippen molar-refractivity contribution in [2.24, 2.45) is 0 Å². The molecular formula is H3AlCrFeMoNb. The van der Waals surface area contributed by atoms with Crippen molar-refractivity contribution in [1.82, 2.24) is 0 Å². The van der Waals surface area contributed by atoms with E-state index in [4.69, 9.17) is 0 Å². The molecule has 0 nitrogen and oxygen atoms in total. The van der Waals surface area contributed by atoms with E-state index in [0.29, 0.717) is 0 Å². The zero-order valence-electron chi connectivity index (χ0n) is 1.62. The van der Waals surface area contributed by atoms with Gasteiger partial charge in [0.2, 0.25) is 0 Å². The van der Waals surface area contributed by atoms with Crippen LogP contribution in [0, 0.1) is 0 Å². The first-order chi connectivity index (χ1) is 1.00. The standard InChI is InChI=1S/Al.Cr.Fe.Mo.Nb.3H. The molecule has 5 heteroatoms. The summed E-state index contributed by atoms with van der Waals surface area (Å²) in [5.41, 5.74) is 0. The Morgan fingerprint density at radius 3 is 1.20 bits per heavy atom. The van der Waals surface area contributed by atoms with Crippen LogP contribution < -0.4 is 0 Å². The van der Waals surface area contributed by atoms with E-state index < -0.39 is 0 Å². The van der Waals surface area contributed by atoms with Crippen LogP contribution in [0.5, 0.6) is 0 Å². The second-order valence-electron chi connectivity index (χ2n) is 0. The molecule has 0 N–H and O–H groups in total. The van der Waals surface area contributed by atoms with Crippen molar-refractivity contribution in [2.75, 3.05) is 0 Å². The van der Waals surface area contributed by atoms with Gasteiger partial charge in [0.1, 0.15) is 0 Å². The molecule has 0 saturated carbocycles. The third-order valence-electron chi connectivity index (χ3n) is 0. The van der Waals surface area contributed by atoms with E-state index in [9.17, 15) is 0 Å². The van der Waals surface area contributed by atoms with E-state index in [1.54, 1.807) is 18.0 Å². The van der Waals surface area contributed by atoms with E-state index in [1.165, 1.54) is 0 Å². The van der Waals surface area contributed by atoms with Gasteiger partial charge in [-0.2, -0.15) is 0 Å². The van der Waals surface area contributed by atoms with E-state index in [0.717, 1.165) is 0 Å². The normalized spacial score (nSPS) is 0.800. The van der Waals surface area contributed by atoms with Gasteiger partial charge in [0, 0.05) is 34.4 Å². The van der Waals surface area contributed by atoms with Crippen LogP contribution in [0.4, 0.5) is 0 Å². The van der Waals surface area contributed by atoms with Gasteiger partial charge in [-0.05, 0) is 0 Å². The van der Waals surface area contributed by atoms with Gasteiger partial charge in [-0.25, -0.2) is 0 Å². The summed E-state index contributed by atoms with van der Waals surface area (Å²) in [6.07, 6.45) is 0. The molecule has 0 aliphatic heterocycles. The molecule has 0 heterocycles. The van der Waals surface area contributed by atoms with Gasteiger partial charge in [0.15, 0.2) is 17.4 Å². The molecule has 5 heavy (non-hydrogen) atoms. The van der Waals surface area contributed by atoms with E-state index in [2.05, 4.69) is 0 Å². The topological polar surface area (TPSA) is 0 Å². The molecule has 0 spiro atoms. The minimum absolute atomic E-state index is 0. The molecule has 0 fully saturated rings. The molecule has 0 aliphatic carbocycles. The fourth-order valence-corrected chi connectivity index (χ4v) is 0. The predicted octanol–water partition coefficient (Wildman–Crippen LogP) is -1.19. The van der Waals surface area contributed by atoms with Gasteiger partial charge in [0.25, 0.3) is 0 Å². The summed E-state index contributed by atoms with van der Waals surface area (Å²) in [4.78, 5) is 0. The Balaban J connectivity index is -0.00000000167. The molecule has 0 amide bonds. The van der Waals surface area contributed by atoms with E-state index >= 15 is 0 Å². The van der Waals surface area contributed by atoms with Crippen molar-refractivity contribution < 1.29 is 68.9 Å². The summed E-state index contributed by atoms with van der Waals surface area (Å²) in [6.45, 7) is 0. The molecule has 0 bridgehead atoms. The van der Waals surface area contributed by atoms with Gasteiger partial charge >= 0.3 is 34.5 Å².